The fourth-order valence-electron chi connectivity index (χ4n) is 0.923. The molecule has 1 aromatic carbocycles. The molecule has 0 spiro atoms. The summed E-state index contributed by atoms with van der Waals surface area (Å²) in [7, 11) is 2.09. The van der Waals surface area contributed by atoms with Gasteiger partial charge in [0, 0.05) is 0 Å². The van der Waals surface area contributed by atoms with Crippen molar-refractivity contribution in [2.24, 2.45) is 0 Å². The van der Waals surface area contributed by atoms with Gasteiger partial charge < -0.3 is 4.90 Å². The molecule has 13 heavy (non-hydrogen) atoms. The van der Waals surface area contributed by atoms with Crippen molar-refractivity contribution in [3.63, 3.8) is 0 Å². The zero-order valence-corrected chi connectivity index (χ0v) is 8.99. The molecule has 0 N–H and O–H groups in total. The monoisotopic (exact) mass is 169 g/mol. The van der Waals surface area contributed by atoms with Gasteiger partial charge in [-0.2, -0.15) is 17.7 Å². The Morgan fingerprint density at radius 2 is 1.69 bits per heavy atom. The molecule has 0 aliphatic rings. The average molecular weight is 169 g/mol. The van der Waals surface area contributed by atoms with Gasteiger partial charge in [-0.05, 0) is 13.1 Å². The number of nitrogens with zero attached hydrogens (tertiary/aromatic N) is 1. The van der Waals surface area contributed by atoms with Crippen LogP contribution >= 0.6 is 0 Å². The molecular formula is C11H16LiN. The van der Waals surface area contributed by atoms with Crippen LogP contribution in [-0.2, 0) is 0 Å². The zero-order chi connectivity index (χ0) is 8.97. The van der Waals surface area contributed by atoms with Gasteiger partial charge in [0.05, 0.1) is 0 Å². The molecule has 0 heterocycles. The molecule has 66 valence electrons. The van der Waals surface area contributed by atoms with E-state index >= 15 is 0 Å². The second kappa shape index (κ2) is 6.15. The third-order valence-corrected chi connectivity index (χ3v) is 1.97. The largest absolute Gasteiger partial charge is 1.00 e. The van der Waals surface area contributed by atoms with Crippen molar-refractivity contribution < 1.29 is 18.9 Å². The number of benzene rings is 1. The van der Waals surface area contributed by atoms with Crippen molar-refractivity contribution in [1.82, 2.24) is 4.90 Å². The van der Waals surface area contributed by atoms with Crippen LogP contribution in [0.25, 0.3) is 0 Å². The van der Waals surface area contributed by atoms with E-state index in [9.17, 15) is 0 Å². The van der Waals surface area contributed by atoms with E-state index in [1.54, 1.807) is 0 Å². The van der Waals surface area contributed by atoms with E-state index in [0.29, 0.717) is 6.04 Å². The Balaban J connectivity index is 0.00000144. The fourth-order valence-corrected chi connectivity index (χ4v) is 0.923. The van der Waals surface area contributed by atoms with E-state index in [4.69, 9.17) is 0 Å². The maximum atomic E-state index is 2.20. The molecule has 0 aliphatic carbocycles. The van der Waals surface area contributed by atoms with Crippen LogP contribution < -0.4 is 18.9 Å². The molecule has 0 aliphatic heterocycles. The molecule has 0 saturated carbocycles. The van der Waals surface area contributed by atoms with Crippen LogP contribution in [0.3, 0.4) is 0 Å². The van der Waals surface area contributed by atoms with Gasteiger partial charge in [0.1, 0.15) is 0 Å². The Labute approximate surface area is 93.3 Å². The summed E-state index contributed by atoms with van der Waals surface area (Å²) < 4.78 is 0. The topological polar surface area (TPSA) is 3.24 Å². The van der Waals surface area contributed by atoms with Gasteiger partial charge in [-0.15, -0.1) is 18.7 Å². The van der Waals surface area contributed by atoms with Gasteiger partial charge in [0.15, 0.2) is 0 Å². The Bertz CT molecular complexity index is 221. The van der Waals surface area contributed by atoms with E-state index in [1.165, 1.54) is 5.56 Å². The third kappa shape index (κ3) is 4.43. The molecule has 0 aromatic heterocycles. The summed E-state index contributed by atoms with van der Waals surface area (Å²) in [6.45, 7) is 6.52. The summed E-state index contributed by atoms with van der Waals surface area (Å²) in [6, 6.07) is 10.9. The molecule has 0 unspecified atom stereocenters. The van der Waals surface area contributed by atoms with Crippen LogP contribution in [0.15, 0.2) is 30.3 Å². The molecule has 0 radical (unpaired) electrons. The van der Waals surface area contributed by atoms with Crippen LogP contribution in [0.5, 0.6) is 0 Å². The third-order valence-electron chi connectivity index (χ3n) is 1.97. The standard InChI is InChI=1S/C11H16N.Li/c1-10(2)12(3)9-11-7-5-4-6-8-11;/h4-10H,1-3H3;/q-1;+1. The Kier molecular flexibility index (Phi) is 5.99. The van der Waals surface area contributed by atoms with Crippen molar-refractivity contribution >= 4 is 0 Å². The minimum Gasteiger partial charge on any atom is -0.334 e. The van der Waals surface area contributed by atoms with Crippen molar-refractivity contribution in [2.75, 3.05) is 7.05 Å². The second-order valence-electron chi connectivity index (χ2n) is 3.30. The molecule has 1 rings (SSSR count). The normalized spacial score (nSPS) is 9.92. The van der Waals surface area contributed by atoms with E-state index in [-0.39, 0.29) is 18.9 Å². The minimum absolute atomic E-state index is 0. The van der Waals surface area contributed by atoms with Crippen LogP contribution in [0.1, 0.15) is 19.4 Å². The first kappa shape index (κ1) is 12.6. The molecule has 0 amide bonds. The van der Waals surface area contributed by atoms with Gasteiger partial charge in [-0.1, -0.05) is 19.9 Å². The van der Waals surface area contributed by atoms with E-state index in [0.717, 1.165) is 0 Å². The molecule has 2 heteroatoms. The van der Waals surface area contributed by atoms with E-state index in [1.807, 2.05) is 6.07 Å². The number of hydrogen-bond donors (Lipinski definition) is 0. The summed E-state index contributed by atoms with van der Waals surface area (Å²) in [6.07, 6.45) is 0. The van der Waals surface area contributed by atoms with E-state index < -0.39 is 0 Å². The van der Waals surface area contributed by atoms with Crippen molar-refractivity contribution in [3.05, 3.63) is 42.4 Å². The Hall–Kier alpha value is -0.353. The Morgan fingerprint density at radius 3 is 2.15 bits per heavy atom. The van der Waals surface area contributed by atoms with Crippen LogP contribution in [0.4, 0.5) is 0 Å². The fraction of sp³-hybridized carbons (Fsp3) is 0.364. The smallest absolute Gasteiger partial charge is 0.334 e. The van der Waals surface area contributed by atoms with Crippen LogP contribution in [0.2, 0.25) is 0 Å². The predicted octanol–water partition coefficient (Wildman–Crippen LogP) is -0.459. The Morgan fingerprint density at radius 1 is 1.15 bits per heavy atom. The second-order valence-corrected chi connectivity index (χ2v) is 3.30. The first-order valence-electron chi connectivity index (χ1n) is 4.32. The maximum Gasteiger partial charge on any atom is 1.00 e. The molecule has 0 fully saturated rings. The van der Waals surface area contributed by atoms with Gasteiger partial charge >= 0.3 is 18.9 Å². The van der Waals surface area contributed by atoms with Gasteiger partial charge in [0.25, 0.3) is 0 Å². The summed E-state index contributed by atoms with van der Waals surface area (Å²) in [5.74, 6) is 0. The molecule has 1 nitrogen and oxygen atoms in total. The van der Waals surface area contributed by atoms with E-state index in [2.05, 4.69) is 56.6 Å². The van der Waals surface area contributed by atoms with Crippen LogP contribution in [-0.4, -0.2) is 18.0 Å². The molecule has 0 bridgehead atoms. The molecule has 1 aromatic rings. The quantitative estimate of drug-likeness (QED) is 0.437. The minimum atomic E-state index is 0. The maximum absolute atomic E-state index is 2.20. The van der Waals surface area contributed by atoms with Gasteiger partial charge in [0.2, 0.25) is 0 Å². The van der Waals surface area contributed by atoms with Gasteiger partial charge in [-0.3, -0.25) is 0 Å². The molecular weight excluding hydrogens is 153 g/mol. The average Bonchev–Trinajstić information content (AvgIpc) is 2.06. The first-order chi connectivity index (χ1) is 5.70. The summed E-state index contributed by atoms with van der Waals surface area (Å²) >= 11 is 0. The van der Waals surface area contributed by atoms with Crippen molar-refractivity contribution in [3.8, 4) is 0 Å². The van der Waals surface area contributed by atoms with Crippen LogP contribution in [0, 0.1) is 6.54 Å². The number of hydrogen-bond acceptors (Lipinski definition) is 1. The van der Waals surface area contributed by atoms with Crippen molar-refractivity contribution in [1.29, 1.82) is 0 Å². The summed E-state index contributed by atoms with van der Waals surface area (Å²) in [5, 5.41) is 0. The summed E-state index contributed by atoms with van der Waals surface area (Å²) in [5.41, 5.74) is 1.26. The number of rotatable bonds is 3. The first-order valence-corrected chi connectivity index (χ1v) is 4.32. The SMILES string of the molecule is CC(C)N(C)[CH-]c1ccccc1.[Li+]. The predicted molar refractivity (Wildman–Crippen MR) is 52.7 cm³/mol. The van der Waals surface area contributed by atoms with Gasteiger partial charge in [-0.25, -0.2) is 0 Å². The zero-order valence-electron chi connectivity index (χ0n) is 8.99. The summed E-state index contributed by atoms with van der Waals surface area (Å²) in [4.78, 5) is 2.20. The molecule has 0 saturated heterocycles. The molecule has 0 atom stereocenters. The van der Waals surface area contributed by atoms with Crippen molar-refractivity contribution in [2.45, 2.75) is 19.9 Å².